The number of aryl methyl sites for hydroxylation is 1. The van der Waals surface area contributed by atoms with Crippen LogP contribution in [-0.4, -0.2) is 57.8 Å². The maximum atomic E-state index is 12.5. The van der Waals surface area contributed by atoms with Crippen LogP contribution in [0.2, 0.25) is 0 Å². The summed E-state index contributed by atoms with van der Waals surface area (Å²) in [4.78, 5) is 42.1. The van der Waals surface area contributed by atoms with Gasteiger partial charge < -0.3 is 15.1 Å². The number of nitrogens with one attached hydrogen (secondary N) is 1. The van der Waals surface area contributed by atoms with Crippen LogP contribution in [0, 0.1) is 6.92 Å². The molecule has 164 valence electrons. The van der Waals surface area contributed by atoms with E-state index in [2.05, 4.69) is 22.1 Å². The van der Waals surface area contributed by atoms with Crippen LogP contribution < -0.4 is 10.2 Å². The highest BCUT2D eigenvalue weighted by Gasteiger charge is 2.29. The first-order chi connectivity index (χ1) is 15.0. The number of hydrogen-bond acceptors (Lipinski definition) is 6. The van der Waals surface area contributed by atoms with Gasteiger partial charge in [-0.2, -0.15) is 0 Å². The van der Waals surface area contributed by atoms with Gasteiger partial charge in [-0.25, -0.2) is 9.97 Å². The summed E-state index contributed by atoms with van der Waals surface area (Å²) in [6.45, 7) is 6.52. The average Bonchev–Trinajstić information content (AvgIpc) is 2.78. The number of fused-ring (bicyclic) bond motifs is 1. The second kappa shape index (κ2) is 9.41. The molecule has 2 aromatic rings. The number of pyridine rings is 1. The van der Waals surface area contributed by atoms with Gasteiger partial charge in [0.25, 0.3) is 0 Å². The lowest BCUT2D eigenvalue weighted by Gasteiger charge is -2.34. The number of piperidine rings is 1. The molecular formula is C23H30N6O2. The minimum Gasteiger partial charge on any atom is -0.350 e. The Balaban J connectivity index is 1.54. The summed E-state index contributed by atoms with van der Waals surface area (Å²) >= 11 is 0. The smallest absolute Gasteiger partial charge is 0.241 e. The van der Waals surface area contributed by atoms with Gasteiger partial charge in [0.05, 0.1) is 18.8 Å². The van der Waals surface area contributed by atoms with E-state index in [-0.39, 0.29) is 24.3 Å². The fourth-order valence-electron chi connectivity index (χ4n) is 4.46. The first kappa shape index (κ1) is 21.2. The minimum absolute atomic E-state index is 0.0456. The van der Waals surface area contributed by atoms with Gasteiger partial charge in [0.2, 0.25) is 11.8 Å². The van der Waals surface area contributed by atoms with Crippen LogP contribution in [0.15, 0.2) is 24.4 Å². The fraction of sp³-hybridized carbons (Fsp3) is 0.522. The molecule has 1 atom stereocenters. The Morgan fingerprint density at radius 3 is 2.84 bits per heavy atom. The Morgan fingerprint density at radius 1 is 1.19 bits per heavy atom. The third-order valence-corrected chi connectivity index (χ3v) is 6.07. The highest BCUT2D eigenvalue weighted by molar-refractivity contribution is 5.83. The van der Waals surface area contributed by atoms with Crippen molar-refractivity contribution >= 4 is 17.6 Å². The summed E-state index contributed by atoms with van der Waals surface area (Å²) in [5.41, 5.74) is 3.29. The Bertz CT molecular complexity index is 949. The highest BCUT2D eigenvalue weighted by atomic mass is 16.2. The zero-order chi connectivity index (χ0) is 21.8. The standard InChI is InChI=1S/C23H30N6O2/c1-16-20-9-6-12-29(15-19-8-3-4-10-24-19)23(20)27-22(26-16)18-7-5-11-28(14-18)21(31)13-25-17(2)30/h3-4,8,10,18H,5-7,9,11-15H2,1-2H3,(H,25,30). The van der Waals surface area contributed by atoms with E-state index in [4.69, 9.17) is 9.97 Å². The van der Waals surface area contributed by atoms with Crippen LogP contribution in [-0.2, 0) is 22.6 Å². The van der Waals surface area contributed by atoms with E-state index in [1.807, 2.05) is 29.3 Å². The molecule has 8 nitrogen and oxygen atoms in total. The van der Waals surface area contributed by atoms with Crippen molar-refractivity contribution in [3.8, 4) is 0 Å². The molecule has 4 rings (SSSR count). The van der Waals surface area contributed by atoms with Gasteiger partial charge in [-0.15, -0.1) is 0 Å². The zero-order valence-electron chi connectivity index (χ0n) is 18.3. The first-order valence-corrected chi connectivity index (χ1v) is 11.1. The number of likely N-dealkylation sites (tertiary alicyclic amines) is 1. The van der Waals surface area contributed by atoms with Gasteiger partial charge in [-0.3, -0.25) is 14.6 Å². The van der Waals surface area contributed by atoms with Gasteiger partial charge in [-0.1, -0.05) is 6.07 Å². The van der Waals surface area contributed by atoms with Crippen LogP contribution in [0.25, 0.3) is 0 Å². The summed E-state index contributed by atoms with van der Waals surface area (Å²) in [5, 5.41) is 2.60. The van der Waals surface area contributed by atoms with E-state index in [9.17, 15) is 9.59 Å². The molecule has 31 heavy (non-hydrogen) atoms. The van der Waals surface area contributed by atoms with Crippen LogP contribution in [0.4, 0.5) is 5.82 Å². The number of hydrogen-bond donors (Lipinski definition) is 1. The largest absolute Gasteiger partial charge is 0.350 e. The van der Waals surface area contributed by atoms with E-state index in [0.717, 1.165) is 61.8 Å². The maximum absolute atomic E-state index is 12.5. The van der Waals surface area contributed by atoms with Gasteiger partial charge >= 0.3 is 0 Å². The van der Waals surface area contributed by atoms with Crippen LogP contribution in [0.3, 0.4) is 0 Å². The predicted molar refractivity (Wildman–Crippen MR) is 118 cm³/mol. The van der Waals surface area contributed by atoms with Crippen LogP contribution in [0.1, 0.15) is 54.9 Å². The molecule has 0 bridgehead atoms. The molecule has 0 aliphatic carbocycles. The third kappa shape index (κ3) is 5.00. The molecule has 0 saturated carbocycles. The number of carbonyl (C=O) groups excluding carboxylic acids is 2. The summed E-state index contributed by atoms with van der Waals surface area (Å²) in [6.07, 6.45) is 5.77. The molecule has 8 heteroatoms. The van der Waals surface area contributed by atoms with E-state index in [1.165, 1.54) is 12.5 Å². The van der Waals surface area contributed by atoms with Crippen molar-refractivity contribution in [2.24, 2.45) is 0 Å². The van der Waals surface area contributed by atoms with Crippen molar-refractivity contribution in [3.05, 3.63) is 47.2 Å². The van der Waals surface area contributed by atoms with Crippen molar-refractivity contribution in [2.75, 3.05) is 31.1 Å². The molecule has 2 aliphatic rings. The zero-order valence-corrected chi connectivity index (χ0v) is 18.3. The molecule has 1 saturated heterocycles. The quantitative estimate of drug-likeness (QED) is 0.792. The van der Waals surface area contributed by atoms with Crippen molar-refractivity contribution in [1.29, 1.82) is 0 Å². The van der Waals surface area contributed by atoms with Gasteiger partial charge in [-0.05, 0) is 44.7 Å². The lowest BCUT2D eigenvalue weighted by atomic mass is 9.96. The van der Waals surface area contributed by atoms with Gasteiger partial charge in [0, 0.05) is 49.9 Å². The van der Waals surface area contributed by atoms with Crippen molar-refractivity contribution in [1.82, 2.24) is 25.2 Å². The average molecular weight is 423 g/mol. The molecular weight excluding hydrogens is 392 g/mol. The Labute approximate surface area is 183 Å². The second-order valence-corrected chi connectivity index (χ2v) is 8.40. The minimum atomic E-state index is -0.191. The number of amides is 2. The topological polar surface area (TPSA) is 91.3 Å². The lowest BCUT2D eigenvalue weighted by Crippen LogP contribution is -2.44. The third-order valence-electron chi connectivity index (χ3n) is 6.07. The molecule has 2 aromatic heterocycles. The number of aromatic nitrogens is 3. The second-order valence-electron chi connectivity index (χ2n) is 8.40. The Morgan fingerprint density at radius 2 is 2.06 bits per heavy atom. The molecule has 2 amide bonds. The Hall–Kier alpha value is -3.03. The number of rotatable bonds is 5. The van der Waals surface area contributed by atoms with Gasteiger partial charge in [0.15, 0.2) is 0 Å². The van der Waals surface area contributed by atoms with Crippen LogP contribution >= 0.6 is 0 Å². The molecule has 0 spiro atoms. The molecule has 1 N–H and O–H groups in total. The summed E-state index contributed by atoms with van der Waals surface area (Å²) in [6, 6.07) is 5.99. The number of carbonyl (C=O) groups is 2. The van der Waals surface area contributed by atoms with E-state index in [0.29, 0.717) is 13.1 Å². The van der Waals surface area contributed by atoms with E-state index >= 15 is 0 Å². The highest BCUT2D eigenvalue weighted by Crippen LogP contribution is 2.32. The SMILES string of the molecule is CC(=O)NCC(=O)N1CCCC(c2nc(C)c3c(n2)N(Cc2ccccn2)CCC3)C1. The molecule has 0 radical (unpaired) electrons. The fourth-order valence-corrected chi connectivity index (χ4v) is 4.46. The summed E-state index contributed by atoms with van der Waals surface area (Å²) in [7, 11) is 0. The first-order valence-electron chi connectivity index (χ1n) is 11.1. The number of nitrogens with zero attached hydrogens (tertiary/aromatic N) is 5. The molecule has 4 heterocycles. The monoisotopic (exact) mass is 422 g/mol. The van der Waals surface area contributed by atoms with Crippen LogP contribution in [0.5, 0.6) is 0 Å². The summed E-state index contributed by atoms with van der Waals surface area (Å²) < 4.78 is 0. The van der Waals surface area contributed by atoms with Crippen molar-refractivity contribution in [3.63, 3.8) is 0 Å². The molecule has 2 aliphatic heterocycles. The number of anilines is 1. The van der Waals surface area contributed by atoms with E-state index in [1.54, 1.807) is 0 Å². The van der Waals surface area contributed by atoms with Gasteiger partial charge in [0.1, 0.15) is 11.6 Å². The Kier molecular flexibility index (Phi) is 6.44. The molecule has 1 unspecified atom stereocenters. The molecule has 0 aromatic carbocycles. The summed E-state index contributed by atoms with van der Waals surface area (Å²) in [5.74, 6) is 1.70. The van der Waals surface area contributed by atoms with E-state index < -0.39 is 0 Å². The maximum Gasteiger partial charge on any atom is 0.241 e. The predicted octanol–water partition coefficient (Wildman–Crippen LogP) is 1.97. The van der Waals surface area contributed by atoms with Crippen molar-refractivity contribution < 1.29 is 9.59 Å². The normalized spacial score (nSPS) is 18.5. The lowest BCUT2D eigenvalue weighted by molar-refractivity contribution is -0.133. The molecule has 1 fully saturated rings. The van der Waals surface area contributed by atoms with Crippen molar-refractivity contribution in [2.45, 2.75) is 52.0 Å².